The maximum absolute atomic E-state index is 5.48. The third-order valence-corrected chi connectivity index (χ3v) is 4.16. The van der Waals surface area contributed by atoms with Crippen molar-refractivity contribution in [1.82, 2.24) is 0 Å². The second-order valence-electron chi connectivity index (χ2n) is 2.48. The van der Waals surface area contributed by atoms with E-state index in [1.54, 1.807) is 0 Å². The summed E-state index contributed by atoms with van der Waals surface area (Å²) in [5.41, 5.74) is 0.315. The van der Waals surface area contributed by atoms with E-state index in [0.29, 0.717) is 5.73 Å². The van der Waals surface area contributed by atoms with Crippen molar-refractivity contribution in [3.63, 3.8) is 0 Å². The number of rotatable bonds is 5. The molecule has 1 rings (SSSR count). The summed E-state index contributed by atoms with van der Waals surface area (Å²) in [5, 5.41) is 0. The SMILES string of the molecule is CCO[SiH](OCC)C1CCO1. The van der Waals surface area contributed by atoms with Crippen LogP contribution in [0, 0.1) is 0 Å². The number of hydrogen-bond donors (Lipinski definition) is 0. The van der Waals surface area contributed by atoms with Crippen LogP contribution in [0.15, 0.2) is 0 Å². The fourth-order valence-electron chi connectivity index (χ4n) is 1.06. The van der Waals surface area contributed by atoms with Crippen LogP contribution in [-0.4, -0.2) is 34.8 Å². The molecule has 0 amide bonds. The van der Waals surface area contributed by atoms with Crippen LogP contribution in [0.1, 0.15) is 20.3 Å². The predicted octanol–water partition coefficient (Wildman–Crippen LogP) is 0.608. The van der Waals surface area contributed by atoms with Gasteiger partial charge in [0.15, 0.2) is 0 Å². The maximum Gasteiger partial charge on any atom is 0.351 e. The van der Waals surface area contributed by atoms with Crippen LogP contribution in [-0.2, 0) is 13.6 Å². The topological polar surface area (TPSA) is 27.7 Å². The fourth-order valence-corrected chi connectivity index (χ4v) is 2.94. The quantitative estimate of drug-likeness (QED) is 0.574. The summed E-state index contributed by atoms with van der Waals surface area (Å²) in [4.78, 5) is 0. The molecule has 0 bridgehead atoms. The predicted molar refractivity (Wildman–Crippen MR) is 44.8 cm³/mol. The van der Waals surface area contributed by atoms with E-state index in [9.17, 15) is 0 Å². The number of ether oxygens (including phenoxy) is 1. The monoisotopic (exact) mass is 176 g/mol. The van der Waals surface area contributed by atoms with Gasteiger partial charge in [-0.05, 0) is 20.3 Å². The van der Waals surface area contributed by atoms with Gasteiger partial charge in [-0.25, -0.2) is 0 Å². The van der Waals surface area contributed by atoms with Crippen LogP contribution in [0.2, 0.25) is 0 Å². The summed E-state index contributed by atoms with van der Waals surface area (Å²) >= 11 is 0. The van der Waals surface area contributed by atoms with Crippen LogP contribution in [0.5, 0.6) is 0 Å². The molecule has 0 aliphatic carbocycles. The van der Waals surface area contributed by atoms with Crippen molar-refractivity contribution in [3.05, 3.63) is 0 Å². The van der Waals surface area contributed by atoms with E-state index in [-0.39, 0.29) is 0 Å². The highest BCUT2D eigenvalue weighted by atomic mass is 28.3. The first-order valence-electron chi connectivity index (χ1n) is 4.23. The van der Waals surface area contributed by atoms with E-state index in [4.69, 9.17) is 13.6 Å². The van der Waals surface area contributed by atoms with Gasteiger partial charge in [0, 0.05) is 19.8 Å². The lowest BCUT2D eigenvalue weighted by molar-refractivity contribution is -0.0279. The van der Waals surface area contributed by atoms with E-state index in [1.165, 1.54) is 0 Å². The van der Waals surface area contributed by atoms with Gasteiger partial charge >= 0.3 is 9.28 Å². The highest BCUT2D eigenvalue weighted by molar-refractivity contribution is 6.46. The number of hydrogen-bond acceptors (Lipinski definition) is 3. The van der Waals surface area contributed by atoms with Gasteiger partial charge in [-0.15, -0.1) is 0 Å². The van der Waals surface area contributed by atoms with Crippen LogP contribution in [0.4, 0.5) is 0 Å². The summed E-state index contributed by atoms with van der Waals surface area (Å²) in [5.74, 6) is 0. The van der Waals surface area contributed by atoms with Crippen molar-refractivity contribution in [1.29, 1.82) is 0 Å². The lowest BCUT2D eigenvalue weighted by Gasteiger charge is -2.31. The third kappa shape index (κ3) is 2.55. The Hall–Kier alpha value is 0.0969. The molecule has 0 N–H and O–H groups in total. The second kappa shape index (κ2) is 4.87. The van der Waals surface area contributed by atoms with Gasteiger partial charge in [0.2, 0.25) is 0 Å². The van der Waals surface area contributed by atoms with Crippen LogP contribution in [0.25, 0.3) is 0 Å². The molecule has 1 aliphatic heterocycles. The van der Waals surface area contributed by atoms with Gasteiger partial charge in [-0.2, -0.15) is 0 Å². The maximum atomic E-state index is 5.48. The first kappa shape index (κ1) is 9.19. The summed E-state index contributed by atoms with van der Waals surface area (Å²) in [6, 6.07) is 0. The highest BCUT2D eigenvalue weighted by Crippen LogP contribution is 2.15. The first-order chi connectivity index (χ1) is 5.38. The summed E-state index contributed by atoms with van der Waals surface area (Å²) in [6.07, 6.45) is 1.12. The fraction of sp³-hybridized carbons (Fsp3) is 1.00. The third-order valence-electron chi connectivity index (χ3n) is 1.70. The lowest BCUT2D eigenvalue weighted by Crippen LogP contribution is -2.46. The Balaban J connectivity index is 2.19. The summed E-state index contributed by atoms with van der Waals surface area (Å²) in [6.45, 7) is 6.37. The van der Waals surface area contributed by atoms with Crippen LogP contribution >= 0.6 is 0 Å². The minimum Gasteiger partial charge on any atom is -0.395 e. The molecule has 1 unspecified atom stereocenters. The molecule has 0 saturated carbocycles. The zero-order valence-corrected chi connectivity index (χ0v) is 8.36. The van der Waals surface area contributed by atoms with Gasteiger partial charge in [0.25, 0.3) is 0 Å². The molecule has 66 valence electrons. The molecule has 3 nitrogen and oxygen atoms in total. The Morgan fingerprint density at radius 1 is 1.36 bits per heavy atom. The van der Waals surface area contributed by atoms with Gasteiger partial charge in [0.1, 0.15) is 5.73 Å². The van der Waals surface area contributed by atoms with Gasteiger partial charge in [-0.3, -0.25) is 0 Å². The molecule has 1 heterocycles. The lowest BCUT2D eigenvalue weighted by atomic mass is 10.4. The molecule has 4 heteroatoms. The van der Waals surface area contributed by atoms with E-state index in [1.807, 2.05) is 13.8 Å². The molecule has 0 radical (unpaired) electrons. The van der Waals surface area contributed by atoms with Crippen molar-refractivity contribution in [2.75, 3.05) is 19.8 Å². The largest absolute Gasteiger partial charge is 0.395 e. The molecule has 1 fully saturated rings. The Morgan fingerprint density at radius 2 is 1.91 bits per heavy atom. The Bertz CT molecular complexity index is 99.9. The molecule has 11 heavy (non-hydrogen) atoms. The van der Waals surface area contributed by atoms with Crippen molar-refractivity contribution < 1.29 is 13.6 Å². The van der Waals surface area contributed by atoms with E-state index in [2.05, 4.69) is 0 Å². The molecular weight excluding hydrogens is 160 g/mol. The molecule has 0 aromatic rings. The molecule has 0 aromatic carbocycles. The van der Waals surface area contributed by atoms with Crippen molar-refractivity contribution in [2.24, 2.45) is 0 Å². The molecule has 0 aromatic heterocycles. The zero-order chi connectivity index (χ0) is 8.10. The summed E-state index contributed by atoms with van der Waals surface area (Å²) < 4.78 is 16.3. The highest BCUT2D eigenvalue weighted by Gasteiger charge is 2.32. The first-order valence-corrected chi connectivity index (χ1v) is 5.84. The van der Waals surface area contributed by atoms with Crippen molar-refractivity contribution in [3.8, 4) is 0 Å². The molecule has 1 aliphatic rings. The molecule has 1 atom stereocenters. The van der Waals surface area contributed by atoms with Gasteiger partial charge in [-0.1, -0.05) is 0 Å². The molecule has 1 saturated heterocycles. The Kier molecular flexibility index (Phi) is 4.07. The minimum absolute atomic E-state index is 0.315. The van der Waals surface area contributed by atoms with E-state index >= 15 is 0 Å². The van der Waals surface area contributed by atoms with Crippen molar-refractivity contribution >= 4 is 9.28 Å². The van der Waals surface area contributed by atoms with Crippen LogP contribution < -0.4 is 0 Å². The summed E-state index contributed by atoms with van der Waals surface area (Å²) in [7, 11) is -1.46. The average molecular weight is 176 g/mol. The van der Waals surface area contributed by atoms with Crippen molar-refractivity contribution in [2.45, 2.75) is 26.0 Å². The smallest absolute Gasteiger partial charge is 0.351 e. The van der Waals surface area contributed by atoms with Gasteiger partial charge in [0.05, 0.1) is 0 Å². The van der Waals surface area contributed by atoms with Gasteiger partial charge < -0.3 is 13.6 Å². The van der Waals surface area contributed by atoms with Crippen LogP contribution in [0.3, 0.4) is 0 Å². The molecular formula is C7H16O3Si. The molecule has 0 spiro atoms. The average Bonchev–Trinajstić information content (AvgIpc) is 1.85. The van der Waals surface area contributed by atoms with E-state index < -0.39 is 9.28 Å². The second-order valence-corrected chi connectivity index (χ2v) is 4.62. The Morgan fingerprint density at radius 3 is 2.18 bits per heavy atom. The normalized spacial score (nSPS) is 23.7. The Labute approximate surface area is 69.5 Å². The standard InChI is InChI=1S/C7H16O3Si/c1-3-9-11(10-4-2)7-5-6-8-7/h7,11H,3-6H2,1-2H3. The minimum atomic E-state index is -1.46. The zero-order valence-electron chi connectivity index (χ0n) is 7.21. The van der Waals surface area contributed by atoms with E-state index in [0.717, 1.165) is 26.2 Å².